The Kier molecular flexibility index (Phi) is 6.64. The van der Waals surface area contributed by atoms with Gasteiger partial charge in [0.25, 0.3) is 0 Å². The summed E-state index contributed by atoms with van der Waals surface area (Å²) in [6, 6.07) is 3.38. The van der Waals surface area contributed by atoms with E-state index in [9.17, 15) is 13.2 Å². The van der Waals surface area contributed by atoms with E-state index in [0.717, 1.165) is 30.5 Å². The minimum absolute atomic E-state index is 0.166. The number of hydrogen-bond acceptors (Lipinski definition) is 3. The van der Waals surface area contributed by atoms with Crippen LogP contribution < -0.4 is 11.3 Å². The molecule has 1 aromatic rings. The maximum absolute atomic E-state index is 12.7. The van der Waals surface area contributed by atoms with Crippen molar-refractivity contribution < 1.29 is 17.9 Å². The summed E-state index contributed by atoms with van der Waals surface area (Å²) < 4.78 is 43.8. The number of hydrogen-bond donors (Lipinski definition) is 2. The highest BCUT2D eigenvalue weighted by atomic mass is 19.4. The Balaban J connectivity index is 3.10. The molecule has 0 aliphatic rings. The lowest BCUT2D eigenvalue weighted by Gasteiger charge is -2.28. The smallest absolute Gasteiger partial charge is 0.376 e. The van der Waals surface area contributed by atoms with E-state index in [1.54, 1.807) is 6.92 Å². The van der Waals surface area contributed by atoms with E-state index in [0.29, 0.717) is 12.2 Å². The highest BCUT2D eigenvalue weighted by Gasteiger charge is 2.32. The Bertz CT molecular complexity index is 443. The molecule has 0 saturated heterocycles. The van der Waals surface area contributed by atoms with Gasteiger partial charge in [-0.05, 0) is 43.5 Å². The number of halogens is 3. The Hall–Kier alpha value is -1.11. The number of aryl methyl sites for hydroxylation is 1. The molecule has 6 heteroatoms. The lowest BCUT2D eigenvalue weighted by atomic mass is 9.93. The van der Waals surface area contributed by atoms with Gasteiger partial charge in [-0.25, -0.2) is 0 Å². The molecule has 0 spiro atoms. The highest BCUT2D eigenvalue weighted by Crippen LogP contribution is 2.33. The number of nitrogens with two attached hydrogens (primary N) is 1. The van der Waals surface area contributed by atoms with E-state index in [1.807, 2.05) is 13.8 Å². The molecule has 3 nitrogen and oxygen atoms in total. The molecule has 0 amide bonds. The molecule has 0 aromatic heterocycles. The molecule has 2 atom stereocenters. The number of rotatable bonds is 7. The average molecular weight is 304 g/mol. The van der Waals surface area contributed by atoms with Gasteiger partial charge in [-0.3, -0.25) is 11.3 Å². The molecule has 0 bridgehead atoms. The molecule has 2 unspecified atom stereocenters. The van der Waals surface area contributed by atoms with Gasteiger partial charge in [-0.1, -0.05) is 19.4 Å². The van der Waals surface area contributed by atoms with Crippen LogP contribution in [-0.2, 0) is 10.9 Å². The van der Waals surface area contributed by atoms with Crippen molar-refractivity contribution >= 4 is 0 Å². The molecular formula is C15H23F3N2O. The van der Waals surface area contributed by atoms with Gasteiger partial charge in [0.05, 0.1) is 17.7 Å². The van der Waals surface area contributed by atoms with Crippen molar-refractivity contribution in [3.05, 3.63) is 34.9 Å². The summed E-state index contributed by atoms with van der Waals surface area (Å²) in [6.45, 7) is 6.10. The fourth-order valence-corrected chi connectivity index (χ4v) is 2.44. The first kappa shape index (κ1) is 17.9. The van der Waals surface area contributed by atoms with E-state index in [4.69, 9.17) is 10.6 Å². The molecule has 3 N–H and O–H groups in total. The quantitative estimate of drug-likeness (QED) is 0.596. The Labute approximate surface area is 123 Å². The second-order valence-corrected chi connectivity index (χ2v) is 5.00. The van der Waals surface area contributed by atoms with Crippen LogP contribution in [0.1, 0.15) is 49.4 Å². The number of hydrazine groups is 1. The maximum Gasteiger partial charge on any atom is 0.416 e. The molecule has 0 heterocycles. The van der Waals surface area contributed by atoms with Gasteiger partial charge in [0.15, 0.2) is 0 Å². The summed E-state index contributed by atoms with van der Waals surface area (Å²) in [4.78, 5) is 0. The molecule has 0 radical (unpaired) electrons. The predicted octanol–water partition coefficient (Wildman–Crippen LogP) is 3.72. The summed E-state index contributed by atoms with van der Waals surface area (Å²) in [5.41, 5.74) is 3.31. The Morgan fingerprint density at radius 3 is 2.38 bits per heavy atom. The monoisotopic (exact) mass is 304 g/mol. The van der Waals surface area contributed by atoms with Crippen LogP contribution >= 0.6 is 0 Å². The van der Waals surface area contributed by atoms with E-state index >= 15 is 0 Å². The zero-order valence-electron chi connectivity index (χ0n) is 12.6. The first-order valence-electron chi connectivity index (χ1n) is 7.10. The van der Waals surface area contributed by atoms with Gasteiger partial charge < -0.3 is 4.74 Å². The van der Waals surface area contributed by atoms with Crippen LogP contribution in [0.2, 0.25) is 0 Å². The lowest BCUT2D eigenvalue weighted by Crippen LogP contribution is -2.38. The Morgan fingerprint density at radius 1 is 1.29 bits per heavy atom. The van der Waals surface area contributed by atoms with Crippen LogP contribution in [0.25, 0.3) is 0 Å². The summed E-state index contributed by atoms with van der Waals surface area (Å²) >= 11 is 0. The lowest BCUT2D eigenvalue weighted by molar-refractivity contribution is -0.137. The van der Waals surface area contributed by atoms with Crippen molar-refractivity contribution in [2.24, 2.45) is 5.84 Å². The molecule has 0 aliphatic carbocycles. The van der Waals surface area contributed by atoms with Crippen LogP contribution in [0, 0.1) is 6.92 Å². The average Bonchev–Trinajstić information content (AvgIpc) is 2.40. The third kappa shape index (κ3) is 4.69. The zero-order chi connectivity index (χ0) is 16.0. The second kappa shape index (κ2) is 7.77. The molecule has 0 saturated carbocycles. The van der Waals surface area contributed by atoms with Crippen molar-refractivity contribution in [1.82, 2.24) is 5.43 Å². The van der Waals surface area contributed by atoms with Crippen molar-refractivity contribution in [3.63, 3.8) is 0 Å². The van der Waals surface area contributed by atoms with Crippen LogP contribution in [0.4, 0.5) is 13.2 Å². The second-order valence-electron chi connectivity index (χ2n) is 5.00. The first-order chi connectivity index (χ1) is 9.85. The zero-order valence-corrected chi connectivity index (χ0v) is 12.6. The third-order valence-corrected chi connectivity index (χ3v) is 3.44. The molecule has 1 aromatic carbocycles. The van der Waals surface area contributed by atoms with Crippen molar-refractivity contribution in [2.45, 2.75) is 51.9 Å². The summed E-state index contributed by atoms with van der Waals surface area (Å²) in [5, 5.41) is 0. The van der Waals surface area contributed by atoms with E-state index in [1.165, 1.54) is 6.07 Å². The SMILES string of the molecule is CCCC(OCC)C(NN)c1ccc(C(F)(F)F)cc1C. The van der Waals surface area contributed by atoms with Crippen LogP contribution in [-0.4, -0.2) is 12.7 Å². The van der Waals surface area contributed by atoms with E-state index in [2.05, 4.69) is 5.43 Å². The third-order valence-electron chi connectivity index (χ3n) is 3.44. The van der Waals surface area contributed by atoms with Gasteiger partial charge in [0, 0.05) is 6.61 Å². The van der Waals surface area contributed by atoms with E-state index < -0.39 is 11.7 Å². The molecule has 120 valence electrons. The van der Waals surface area contributed by atoms with Gasteiger partial charge in [0.2, 0.25) is 0 Å². The van der Waals surface area contributed by atoms with Crippen molar-refractivity contribution in [1.29, 1.82) is 0 Å². The molecule has 1 rings (SSSR count). The summed E-state index contributed by atoms with van der Waals surface area (Å²) in [6.07, 6.45) is -2.82. The fourth-order valence-electron chi connectivity index (χ4n) is 2.44. The standard InChI is InChI=1S/C15H23F3N2O/c1-4-6-13(21-5-2)14(20-19)12-8-7-11(9-10(12)3)15(16,17)18/h7-9,13-14,20H,4-6,19H2,1-3H3. The molecule has 21 heavy (non-hydrogen) atoms. The van der Waals surface area contributed by atoms with Gasteiger partial charge in [-0.2, -0.15) is 13.2 Å². The topological polar surface area (TPSA) is 47.3 Å². The minimum atomic E-state index is -4.34. The maximum atomic E-state index is 12.7. The molecular weight excluding hydrogens is 281 g/mol. The van der Waals surface area contributed by atoms with Gasteiger partial charge >= 0.3 is 6.18 Å². The van der Waals surface area contributed by atoms with Crippen LogP contribution in [0.15, 0.2) is 18.2 Å². The Morgan fingerprint density at radius 2 is 1.95 bits per heavy atom. The van der Waals surface area contributed by atoms with Crippen molar-refractivity contribution in [3.8, 4) is 0 Å². The largest absolute Gasteiger partial charge is 0.416 e. The van der Waals surface area contributed by atoms with E-state index in [-0.39, 0.29) is 12.1 Å². The first-order valence-corrected chi connectivity index (χ1v) is 7.10. The van der Waals surface area contributed by atoms with Crippen LogP contribution in [0.5, 0.6) is 0 Å². The number of benzene rings is 1. The van der Waals surface area contributed by atoms with Gasteiger partial charge in [0.1, 0.15) is 0 Å². The van der Waals surface area contributed by atoms with Crippen LogP contribution in [0.3, 0.4) is 0 Å². The summed E-state index contributed by atoms with van der Waals surface area (Å²) in [7, 11) is 0. The number of alkyl halides is 3. The summed E-state index contributed by atoms with van der Waals surface area (Å²) in [5.74, 6) is 5.61. The molecule has 0 fully saturated rings. The predicted molar refractivity (Wildman–Crippen MR) is 76.6 cm³/mol. The van der Waals surface area contributed by atoms with Gasteiger partial charge in [-0.15, -0.1) is 0 Å². The normalized spacial score (nSPS) is 15.0. The number of nitrogens with one attached hydrogen (secondary N) is 1. The molecule has 0 aliphatic heterocycles. The number of ether oxygens (including phenoxy) is 1. The minimum Gasteiger partial charge on any atom is -0.376 e. The highest BCUT2D eigenvalue weighted by molar-refractivity contribution is 5.35. The fraction of sp³-hybridized carbons (Fsp3) is 0.600. The van der Waals surface area contributed by atoms with Crippen molar-refractivity contribution in [2.75, 3.05) is 6.61 Å².